The van der Waals surface area contributed by atoms with Gasteiger partial charge in [-0.25, -0.2) is 4.79 Å². The fourth-order valence-corrected chi connectivity index (χ4v) is 2.50. The number of anilines is 3. The van der Waals surface area contributed by atoms with E-state index in [0.29, 0.717) is 5.69 Å². The third-order valence-corrected chi connectivity index (χ3v) is 3.46. The van der Waals surface area contributed by atoms with Gasteiger partial charge in [-0.05, 0) is 36.2 Å². The van der Waals surface area contributed by atoms with E-state index in [2.05, 4.69) is 11.0 Å². The van der Waals surface area contributed by atoms with Gasteiger partial charge in [0.1, 0.15) is 0 Å². The maximum absolute atomic E-state index is 11.1. The first-order valence-corrected chi connectivity index (χ1v) is 6.15. The summed E-state index contributed by atoms with van der Waals surface area (Å²) >= 11 is 0. The van der Waals surface area contributed by atoms with Gasteiger partial charge in [-0.15, -0.1) is 0 Å². The Hall–Kier alpha value is -2.49. The fourth-order valence-electron chi connectivity index (χ4n) is 2.50. The molecule has 2 aromatic carbocycles. The van der Waals surface area contributed by atoms with E-state index in [1.807, 2.05) is 18.2 Å². The molecule has 0 bridgehead atoms. The molecule has 96 valence electrons. The number of benzene rings is 2. The maximum atomic E-state index is 11.1. The number of nitrogens with zero attached hydrogens (tertiary/aromatic N) is 1. The number of fused-ring (bicyclic) bond motifs is 1. The molecule has 0 spiro atoms. The van der Waals surface area contributed by atoms with Crippen molar-refractivity contribution in [1.29, 1.82) is 0 Å². The summed E-state index contributed by atoms with van der Waals surface area (Å²) in [6.07, 6.45) is 0.951. The molecule has 0 atom stereocenters. The number of carbonyl (C=O) groups is 1. The van der Waals surface area contributed by atoms with E-state index < -0.39 is 5.97 Å². The normalized spacial score (nSPS) is 13.4. The van der Waals surface area contributed by atoms with Crippen LogP contribution in [0.15, 0.2) is 42.5 Å². The summed E-state index contributed by atoms with van der Waals surface area (Å²) in [5, 5.41) is 9.08. The number of aromatic carboxylic acids is 1. The summed E-state index contributed by atoms with van der Waals surface area (Å²) < 4.78 is 0. The summed E-state index contributed by atoms with van der Waals surface area (Å²) in [7, 11) is 0. The van der Waals surface area contributed by atoms with Crippen molar-refractivity contribution in [3.8, 4) is 0 Å². The van der Waals surface area contributed by atoms with Crippen molar-refractivity contribution in [2.75, 3.05) is 17.2 Å². The second-order valence-electron chi connectivity index (χ2n) is 4.61. The van der Waals surface area contributed by atoms with Crippen LogP contribution in [-0.4, -0.2) is 17.6 Å². The number of nitrogens with two attached hydrogens (primary N) is 1. The van der Waals surface area contributed by atoms with Gasteiger partial charge in [0.15, 0.2) is 0 Å². The highest BCUT2D eigenvalue weighted by Crippen LogP contribution is 2.37. The summed E-state index contributed by atoms with van der Waals surface area (Å²) in [5.41, 5.74) is 9.99. The molecule has 4 nitrogen and oxygen atoms in total. The SMILES string of the molecule is Nc1ccc(C(=O)O)cc1N1CCc2ccccc21. The molecule has 3 N–H and O–H groups in total. The number of carboxylic acid groups (broad SMARTS) is 1. The van der Waals surface area contributed by atoms with Crippen LogP contribution in [0, 0.1) is 0 Å². The van der Waals surface area contributed by atoms with Crippen LogP contribution in [0.5, 0.6) is 0 Å². The Labute approximate surface area is 111 Å². The molecule has 4 heteroatoms. The molecule has 0 saturated heterocycles. The van der Waals surface area contributed by atoms with Crippen molar-refractivity contribution >= 4 is 23.0 Å². The second kappa shape index (κ2) is 4.31. The second-order valence-corrected chi connectivity index (χ2v) is 4.61. The van der Waals surface area contributed by atoms with Crippen LogP contribution < -0.4 is 10.6 Å². The van der Waals surface area contributed by atoms with E-state index in [1.165, 1.54) is 11.6 Å². The Balaban J connectivity index is 2.09. The lowest BCUT2D eigenvalue weighted by Crippen LogP contribution is -2.15. The predicted molar refractivity (Wildman–Crippen MR) is 75.0 cm³/mol. The topological polar surface area (TPSA) is 66.6 Å². The van der Waals surface area contributed by atoms with Gasteiger partial charge in [-0.1, -0.05) is 18.2 Å². The summed E-state index contributed by atoms with van der Waals surface area (Å²) in [5.74, 6) is -0.936. The molecular weight excluding hydrogens is 240 g/mol. The third-order valence-electron chi connectivity index (χ3n) is 3.46. The number of hydrogen-bond donors (Lipinski definition) is 2. The van der Waals surface area contributed by atoms with Gasteiger partial charge in [0, 0.05) is 12.2 Å². The van der Waals surface area contributed by atoms with E-state index in [-0.39, 0.29) is 5.56 Å². The highest BCUT2D eigenvalue weighted by Gasteiger charge is 2.22. The molecule has 1 aliphatic rings. The highest BCUT2D eigenvalue weighted by molar-refractivity contribution is 5.91. The van der Waals surface area contributed by atoms with Crippen LogP contribution in [0.1, 0.15) is 15.9 Å². The van der Waals surface area contributed by atoms with Gasteiger partial charge in [0.2, 0.25) is 0 Å². The molecule has 1 heterocycles. The fraction of sp³-hybridized carbons (Fsp3) is 0.133. The van der Waals surface area contributed by atoms with Crippen LogP contribution in [-0.2, 0) is 6.42 Å². The molecule has 2 aromatic rings. The molecule has 19 heavy (non-hydrogen) atoms. The zero-order valence-electron chi connectivity index (χ0n) is 10.3. The van der Waals surface area contributed by atoms with E-state index in [1.54, 1.807) is 12.1 Å². The quantitative estimate of drug-likeness (QED) is 0.808. The first kappa shape index (κ1) is 11.6. The number of nitrogen functional groups attached to an aromatic ring is 1. The van der Waals surface area contributed by atoms with Crippen LogP contribution in [0.2, 0.25) is 0 Å². The number of hydrogen-bond acceptors (Lipinski definition) is 3. The average Bonchev–Trinajstić information content (AvgIpc) is 2.83. The van der Waals surface area contributed by atoms with E-state index in [9.17, 15) is 4.79 Å². The lowest BCUT2D eigenvalue weighted by Gasteiger charge is -2.21. The summed E-state index contributed by atoms with van der Waals surface area (Å²) in [6.45, 7) is 0.826. The van der Waals surface area contributed by atoms with Crippen LogP contribution in [0.3, 0.4) is 0 Å². The van der Waals surface area contributed by atoms with Crippen LogP contribution >= 0.6 is 0 Å². The lowest BCUT2D eigenvalue weighted by atomic mass is 10.1. The zero-order chi connectivity index (χ0) is 13.4. The molecule has 0 fully saturated rings. The van der Waals surface area contributed by atoms with Crippen molar-refractivity contribution in [1.82, 2.24) is 0 Å². The standard InChI is InChI=1S/C15H14N2O2/c16-12-6-5-11(15(18)19)9-14(12)17-8-7-10-3-1-2-4-13(10)17/h1-6,9H,7-8,16H2,(H,18,19). The van der Waals surface area contributed by atoms with E-state index in [4.69, 9.17) is 10.8 Å². The first-order valence-electron chi connectivity index (χ1n) is 6.15. The zero-order valence-corrected chi connectivity index (χ0v) is 10.3. The molecule has 0 unspecified atom stereocenters. The molecule has 0 amide bonds. The van der Waals surface area contributed by atoms with Crippen molar-refractivity contribution in [3.05, 3.63) is 53.6 Å². The summed E-state index contributed by atoms with van der Waals surface area (Å²) in [6, 6.07) is 12.9. The highest BCUT2D eigenvalue weighted by atomic mass is 16.4. The molecular formula is C15H14N2O2. The van der Waals surface area contributed by atoms with Gasteiger partial charge < -0.3 is 15.7 Å². The van der Waals surface area contributed by atoms with Crippen molar-refractivity contribution in [3.63, 3.8) is 0 Å². The van der Waals surface area contributed by atoms with E-state index >= 15 is 0 Å². The maximum Gasteiger partial charge on any atom is 0.335 e. The largest absolute Gasteiger partial charge is 0.478 e. The van der Waals surface area contributed by atoms with Crippen molar-refractivity contribution < 1.29 is 9.90 Å². The number of rotatable bonds is 2. The Morgan fingerprint density at radius 3 is 2.74 bits per heavy atom. The molecule has 0 aliphatic carbocycles. The minimum Gasteiger partial charge on any atom is -0.478 e. The Morgan fingerprint density at radius 1 is 1.16 bits per heavy atom. The van der Waals surface area contributed by atoms with Crippen molar-refractivity contribution in [2.24, 2.45) is 0 Å². The van der Waals surface area contributed by atoms with Gasteiger partial charge in [0.25, 0.3) is 0 Å². The molecule has 1 aliphatic heterocycles. The Morgan fingerprint density at radius 2 is 1.95 bits per heavy atom. The number of carboxylic acids is 1. The van der Waals surface area contributed by atoms with Gasteiger partial charge in [-0.3, -0.25) is 0 Å². The van der Waals surface area contributed by atoms with E-state index in [0.717, 1.165) is 24.3 Å². The Kier molecular flexibility index (Phi) is 2.63. The smallest absolute Gasteiger partial charge is 0.335 e. The first-order chi connectivity index (χ1) is 9.16. The molecule has 0 saturated carbocycles. The minimum absolute atomic E-state index is 0.258. The minimum atomic E-state index is -0.936. The monoisotopic (exact) mass is 254 g/mol. The van der Waals surface area contributed by atoms with Gasteiger partial charge in [-0.2, -0.15) is 0 Å². The molecule has 0 radical (unpaired) electrons. The van der Waals surface area contributed by atoms with Crippen LogP contribution in [0.4, 0.5) is 17.1 Å². The van der Waals surface area contributed by atoms with Gasteiger partial charge in [0.05, 0.1) is 16.9 Å². The summed E-state index contributed by atoms with van der Waals surface area (Å²) in [4.78, 5) is 13.1. The predicted octanol–water partition coefficient (Wildman–Crippen LogP) is 2.66. The average molecular weight is 254 g/mol. The Bertz CT molecular complexity index is 652. The molecule has 3 rings (SSSR count). The van der Waals surface area contributed by atoms with Crippen molar-refractivity contribution in [2.45, 2.75) is 6.42 Å². The number of para-hydroxylation sites is 1. The molecule has 0 aromatic heterocycles. The lowest BCUT2D eigenvalue weighted by molar-refractivity contribution is 0.0697. The third kappa shape index (κ3) is 1.91. The van der Waals surface area contributed by atoms with Gasteiger partial charge >= 0.3 is 5.97 Å². The van der Waals surface area contributed by atoms with Crippen LogP contribution in [0.25, 0.3) is 0 Å².